The molecule has 0 spiro atoms. The van der Waals surface area contributed by atoms with Crippen molar-refractivity contribution in [1.29, 1.82) is 0 Å². The van der Waals surface area contributed by atoms with Gasteiger partial charge in [0.1, 0.15) is 18.1 Å². The number of H-pyrrole nitrogens is 1. The zero-order chi connectivity index (χ0) is 19.3. The molecule has 0 radical (unpaired) electrons. The van der Waals surface area contributed by atoms with Crippen LogP contribution in [0.4, 0.5) is 0 Å². The van der Waals surface area contributed by atoms with Gasteiger partial charge in [0.05, 0.1) is 6.54 Å². The summed E-state index contributed by atoms with van der Waals surface area (Å²) in [5, 5.41) is 2.87. The predicted molar refractivity (Wildman–Crippen MR) is 103 cm³/mol. The van der Waals surface area contributed by atoms with Gasteiger partial charge < -0.3 is 15.0 Å². The highest BCUT2D eigenvalue weighted by Crippen LogP contribution is 2.21. The predicted octanol–water partition coefficient (Wildman–Crippen LogP) is 3.90. The molecular formula is C21H28N2O3. The Bertz CT molecular complexity index is 786. The highest BCUT2D eigenvalue weighted by atomic mass is 16.5. The molecule has 0 saturated carbocycles. The lowest BCUT2D eigenvalue weighted by Crippen LogP contribution is -2.29. The van der Waals surface area contributed by atoms with E-state index < -0.39 is 0 Å². The molecule has 1 aromatic heterocycles. The number of hydrogen-bond acceptors (Lipinski definition) is 3. The number of amides is 1. The van der Waals surface area contributed by atoms with Crippen LogP contribution in [0.25, 0.3) is 0 Å². The molecule has 0 bridgehead atoms. The van der Waals surface area contributed by atoms with Crippen LogP contribution in [-0.4, -0.2) is 29.8 Å². The number of ketones is 1. The zero-order valence-electron chi connectivity index (χ0n) is 16.3. The summed E-state index contributed by atoms with van der Waals surface area (Å²) in [7, 11) is 0. The van der Waals surface area contributed by atoms with Gasteiger partial charge in [0.25, 0.3) is 5.91 Å². The van der Waals surface area contributed by atoms with Crippen LogP contribution in [0, 0.1) is 20.8 Å². The minimum Gasteiger partial charge on any atom is -0.492 e. The van der Waals surface area contributed by atoms with Gasteiger partial charge in [-0.05, 0) is 62.9 Å². The van der Waals surface area contributed by atoms with Crippen molar-refractivity contribution in [2.75, 3.05) is 13.2 Å². The van der Waals surface area contributed by atoms with Gasteiger partial charge in [-0.25, -0.2) is 0 Å². The third-order valence-electron chi connectivity index (χ3n) is 4.22. The van der Waals surface area contributed by atoms with E-state index in [1.54, 1.807) is 0 Å². The lowest BCUT2D eigenvalue weighted by atomic mass is 10.0. The number of carbonyl (C=O) groups excluding carboxylic acids is 2. The van der Waals surface area contributed by atoms with Crippen molar-refractivity contribution in [1.82, 2.24) is 10.3 Å². The molecule has 5 heteroatoms. The maximum Gasteiger partial charge on any atom is 0.268 e. The Morgan fingerprint density at radius 1 is 1.12 bits per heavy atom. The first-order valence-electron chi connectivity index (χ1n) is 9.05. The number of ether oxygens (including phenoxy) is 1. The molecule has 0 aliphatic carbocycles. The number of nitrogens with one attached hydrogen (secondary N) is 2. The number of hydrogen-bond donors (Lipinski definition) is 2. The van der Waals surface area contributed by atoms with Crippen LogP contribution in [-0.2, 0) is 6.42 Å². The van der Waals surface area contributed by atoms with Crippen LogP contribution >= 0.6 is 0 Å². The van der Waals surface area contributed by atoms with Gasteiger partial charge in [-0.15, -0.1) is 0 Å². The Morgan fingerprint density at radius 3 is 2.35 bits per heavy atom. The number of Topliss-reactive ketones (excluding diaryl/α,β-unsaturated/α-hetero) is 1. The van der Waals surface area contributed by atoms with Crippen LogP contribution in [0.2, 0.25) is 0 Å². The number of benzene rings is 1. The van der Waals surface area contributed by atoms with Gasteiger partial charge in [0.15, 0.2) is 5.78 Å². The summed E-state index contributed by atoms with van der Waals surface area (Å²) >= 11 is 0. The third kappa shape index (κ3) is 4.75. The second-order valence-corrected chi connectivity index (χ2v) is 6.71. The van der Waals surface area contributed by atoms with Crippen molar-refractivity contribution in [2.24, 2.45) is 0 Å². The Hall–Kier alpha value is -2.56. The van der Waals surface area contributed by atoms with Crippen molar-refractivity contribution in [2.45, 2.75) is 47.5 Å². The van der Waals surface area contributed by atoms with E-state index in [1.165, 1.54) is 6.92 Å². The molecule has 0 fully saturated rings. The fraction of sp³-hybridized carbons (Fsp3) is 0.429. The van der Waals surface area contributed by atoms with Crippen LogP contribution in [0.15, 0.2) is 18.2 Å². The monoisotopic (exact) mass is 356 g/mol. The van der Waals surface area contributed by atoms with Gasteiger partial charge >= 0.3 is 0 Å². The summed E-state index contributed by atoms with van der Waals surface area (Å²) in [5.41, 5.74) is 4.98. The zero-order valence-corrected chi connectivity index (χ0v) is 16.3. The summed E-state index contributed by atoms with van der Waals surface area (Å²) in [6.07, 6.45) is 1.56. The lowest BCUT2D eigenvalue weighted by Gasteiger charge is -2.10. The van der Waals surface area contributed by atoms with Crippen molar-refractivity contribution in [3.8, 4) is 5.75 Å². The second-order valence-electron chi connectivity index (χ2n) is 6.71. The van der Waals surface area contributed by atoms with Crippen LogP contribution < -0.4 is 10.1 Å². The number of aromatic nitrogens is 1. The van der Waals surface area contributed by atoms with Crippen molar-refractivity contribution < 1.29 is 14.3 Å². The Kier molecular flexibility index (Phi) is 6.61. The smallest absolute Gasteiger partial charge is 0.268 e. The summed E-state index contributed by atoms with van der Waals surface area (Å²) in [6, 6.07) is 6.04. The molecule has 1 heterocycles. The highest BCUT2D eigenvalue weighted by Gasteiger charge is 2.21. The van der Waals surface area contributed by atoms with Crippen LogP contribution in [0.5, 0.6) is 5.75 Å². The minimum absolute atomic E-state index is 0.0144. The normalized spacial score (nSPS) is 10.7. The molecule has 140 valence electrons. The molecule has 26 heavy (non-hydrogen) atoms. The van der Waals surface area contributed by atoms with Gasteiger partial charge in [0.2, 0.25) is 0 Å². The highest BCUT2D eigenvalue weighted by molar-refractivity contribution is 6.02. The molecule has 0 atom stereocenters. The third-order valence-corrected chi connectivity index (χ3v) is 4.22. The number of rotatable bonds is 8. The van der Waals surface area contributed by atoms with Crippen LogP contribution in [0.3, 0.4) is 0 Å². The molecule has 1 amide bonds. The van der Waals surface area contributed by atoms with E-state index in [-0.39, 0.29) is 11.7 Å². The summed E-state index contributed by atoms with van der Waals surface area (Å²) in [4.78, 5) is 27.5. The summed E-state index contributed by atoms with van der Waals surface area (Å²) < 4.78 is 5.72. The average molecular weight is 356 g/mol. The molecular weight excluding hydrogens is 328 g/mol. The van der Waals surface area contributed by atoms with E-state index in [4.69, 9.17) is 4.74 Å². The molecule has 2 N–H and O–H groups in total. The van der Waals surface area contributed by atoms with E-state index in [1.807, 2.05) is 39.8 Å². The van der Waals surface area contributed by atoms with Gasteiger partial charge in [-0.1, -0.05) is 19.4 Å². The fourth-order valence-corrected chi connectivity index (χ4v) is 3.29. The molecule has 0 aliphatic heterocycles. The van der Waals surface area contributed by atoms with Gasteiger partial charge in [-0.3, -0.25) is 9.59 Å². The molecule has 2 aromatic rings. The first-order valence-corrected chi connectivity index (χ1v) is 9.05. The average Bonchev–Trinajstić information content (AvgIpc) is 2.87. The first-order chi connectivity index (χ1) is 12.3. The second kappa shape index (κ2) is 8.70. The van der Waals surface area contributed by atoms with Crippen molar-refractivity contribution in [3.63, 3.8) is 0 Å². The minimum atomic E-state index is -0.201. The summed E-state index contributed by atoms with van der Waals surface area (Å²) in [5.74, 6) is 0.588. The van der Waals surface area contributed by atoms with Crippen molar-refractivity contribution in [3.05, 3.63) is 51.8 Å². The van der Waals surface area contributed by atoms with E-state index in [9.17, 15) is 9.59 Å². The summed E-state index contributed by atoms with van der Waals surface area (Å²) in [6.45, 7) is 10.2. The standard InChI is InChI=1S/C21H28N2O3/c1-6-7-18-19(16(5)24)15(4)23-20(18)21(25)22-8-9-26-17-11-13(2)10-14(3)12-17/h10-12,23H,6-9H2,1-5H3,(H,22,25). The fourth-order valence-electron chi connectivity index (χ4n) is 3.29. The Labute approximate surface area is 155 Å². The molecule has 5 nitrogen and oxygen atoms in total. The quantitative estimate of drug-likeness (QED) is 0.556. The lowest BCUT2D eigenvalue weighted by molar-refractivity contribution is 0.0941. The largest absolute Gasteiger partial charge is 0.492 e. The topological polar surface area (TPSA) is 71.2 Å². The van der Waals surface area contributed by atoms with Crippen LogP contribution in [0.1, 0.15) is 63.5 Å². The van der Waals surface area contributed by atoms with Gasteiger partial charge in [0, 0.05) is 11.3 Å². The molecule has 0 aliphatic rings. The maximum absolute atomic E-state index is 12.5. The number of aryl methyl sites for hydroxylation is 3. The van der Waals surface area contributed by atoms with E-state index in [0.717, 1.165) is 34.6 Å². The first kappa shape index (κ1) is 19.8. The number of aromatic amines is 1. The Morgan fingerprint density at radius 2 is 1.77 bits per heavy atom. The maximum atomic E-state index is 12.5. The number of carbonyl (C=O) groups is 2. The van der Waals surface area contributed by atoms with E-state index in [2.05, 4.69) is 16.4 Å². The molecule has 1 aromatic carbocycles. The van der Waals surface area contributed by atoms with E-state index in [0.29, 0.717) is 30.8 Å². The molecule has 0 saturated heterocycles. The van der Waals surface area contributed by atoms with Gasteiger partial charge in [-0.2, -0.15) is 0 Å². The molecule has 2 rings (SSSR count). The van der Waals surface area contributed by atoms with Crippen molar-refractivity contribution >= 4 is 11.7 Å². The molecule has 0 unspecified atom stereocenters. The van der Waals surface area contributed by atoms with E-state index >= 15 is 0 Å². The Balaban J connectivity index is 1.99. The SMILES string of the molecule is CCCc1c(C(=O)NCCOc2cc(C)cc(C)c2)[nH]c(C)c1C(C)=O.